The molecule has 0 bridgehead atoms. The molecule has 7 heteroatoms. The number of ether oxygens (including phenoxy) is 2. The van der Waals surface area contributed by atoms with Gasteiger partial charge in [-0.2, -0.15) is 5.26 Å². The van der Waals surface area contributed by atoms with Crippen LogP contribution in [-0.4, -0.2) is 36.3 Å². The molecule has 0 unspecified atom stereocenters. The zero-order valence-electron chi connectivity index (χ0n) is 16.8. The topological polar surface area (TPSA) is 96.7 Å². The van der Waals surface area contributed by atoms with Gasteiger partial charge in [-0.15, -0.1) is 0 Å². The second-order valence-electron chi connectivity index (χ2n) is 7.03. The van der Waals surface area contributed by atoms with Crippen LogP contribution in [0.3, 0.4) is 0 Å². The van der Waals surface area contributed by atoms with Crippen molar-refractivity contribution in [3.63, 3.8) is 0 Å². The Bertz CT molecular complexity index is 1210. The monoisotopic (exact) mass is 414 g/mol. The zero-order chi connectivity index (χ0) is 22.0. The molecule has 1 aliphatic rings. The molecule has 1 heterocycles. The zero-order valence-corrected chi connectivity index (χ0v) is 16.8. The Kier molecular flexibility index (Phi) is 5.37. The predicted octanol–water partition coefficient (Wildman–Crippen LogP) is 3.70. The van der Waals surface area contributed by atoms with Gasteiger partial charge in [-0.05, 0) is 36.1 Å². The molecule has 3 aromatic carbocycles. The first-order valence-corrected chi connectivity index (χ1v) is 9.70. The molecule has 0 radical (unpaired) electrons. The number of carbonyl (C=O) groups excluding carboxylic acids is 3. The summed E-state index contributed by atoms with van der Waals surface area (Å²) < 4.78 is 10.5. The number of hydrogen-bond donors (Lipinski definition) is 0. The van der Waals surface area contributed by atoms with Gasteiger partial charge in [-0.3, -0.25) is 19.3 Å². The van der Waals surface area contributed by atoms with Crippen molar-refractivity contribution in [3.8, 4) is 17.6 Å². The number of esters is 1. The summed E-state index contributed by atoms with van der Waals surface area (Å²) in [5.74, 6) is -0.772. The van der Waals surface area contributed by atoms with Crippen LogP contribution < -0.4 is 9.47 Å². The van der Waals surface area contributed by atoms with E-state index in [1.54, 1.807) is 24.3 Å². The van der Waals surface area contributed by atoms with Gasteiger partial charge >= 0.3 is 5.97 Å². The molecule has 0 atom stereocenters. The molecule has 0 spiro atoms. The second-order valence-corrected chi connectivity index (χ2v) is 7.03. The van der Waals surface area contributed by atoms with Crippen molar-refractivity contribution in [1.82, 2.24) is 4.90 Å². The summed E-state index contributed by atoms with van der Waals surface area (Å²) >= 11 is 0. The van der Waals surface area contributed by atoms with Crippen molar-refractivity contribution < 1.29 is 23.9 Å². The standard InChI is InChI=1S/C24H18N2O5/c1-30-20-13-15(14-25)10-11-19(20)31-21(27)9-4-12-26-23(28)17-7-2-5-16-6-3-8-18(22(16)17)24(26)29/h2-3,5-8,10-11,13H,4,9,12H2,1H3. The summed E-state index contributed by atoms with van der Waals surface area (Å²) in [4.78, 5) is 39.2. The van der Waals surface area contributed by atoms with Crippen molar-refractivity contribution in [2.24, 2.45) is 0 Å². The van der Waals surface area contributed by atoms with Gasteiger partial charge in [0.05, 0.1) is 18.7 Å². The molecule has 0 fully saturated rings. The van der Waals surface area contributed by atoms with E-state index in [-0.39, 0.29) is 42.7 Å². The molecule has 0 aromatic heterocycles. The summed E-state index contributed by atoms with van der Waals surface area (Å²) in [6, 6.07) is 17.2. The van der Waals surface area contributed by atoms with Crippen LogP contribution in [0.5, 0.6) is 11.5 Å². The smallest absolute Gasteiger partial charge is 0.311 e. The molecule has 0 aliphatic carbocycles. The molecule has 4 rings (SSSR count). The highest BCUT2D eigenvalue weighted by Crippen LogP contribution is 2.30. The van der Waals surface area contributed by atoms with Crippen LogP contribution in [0.4, 0.5) is 0 Å². The van der Waals surface area contributed by atoms with E-state index in [2.05, 4.69) is 0 Å². The van der Waals surface area contributed by atoms with E-state index >= 15 is 0 Å². The summed E-state index contributed by atoms with van der Waals surface area (Å²) in [6.45, 7) is 0.0992. The number of imide groups is 1. The summed E-state index contributed by atoms with van der Waals surface area (Å²) in [6.07, 6.45) is 0.263. The number of amides is 2. The minimum Gasteiger partial charge on any atom is -0.493 e. The van der Waals surface area contributed by atoms with Gasteiger partial charge in [0, 0.05) is 35.5 Å². The van der Waals surface area contributed by atoms with Gasteiger partial charge in [0.2, 0.25) is 0 Å². The maximum Gasteiger partial charge on any atom is 0.311 e. The first-order chi connectivity index (χ1) is 15.0. The van der Waals surface area contributed by atoms with Crippen molar-refractivity contribution in [2.45, 2.75) is 12.8 Å². The maximum atomic E-state index is 12.9. The van der Waals surface area contributed by atoms with E-state index in [9.17, 15) is 14.4 Å². The molecule has 0 saturated heterocycles. The van der Waals surface area contributed by atoms with Crippen molar-refractivity contribution in [1.29, 1.82) is 5.26 Å². The van der Waals surface area contributed by atoms with Crippen LogP contribution in [0.15, 0.2) is 54.6 Å². The van der Waals surface area contributed by atoms with E-state index in [1.165, 1.54) is 30.2 Å². The number of nitriles is 1. The van der Waals surface area contributed by atoms with E-state index < -0.39 is 5.97 Å². The van der Waals surface area contributed by atoms with Crippen LogP contribution >= 0.6 is 0 Å². The Labute approximate surface area is 178 Å². The Morgan fingerprint density at radius 3 is 2.29 bits per heavy atom. The fourth-order valence-corrected chi connectivity index (χ4v) is 3.66. The minimum atomic E-state index is -0.526. The number of rotatable bonds is 6. The highest BCUT2D eigenvalue weighted by Gasteiger charge is 2.32. The van der Waals surface area contributed by atoms with Crippen LogP contribution in [-0.2, 0) is 4.79 Å². The number of methoxy groups -OCH3 is 1. The van der Waals surface area contributed by atoms with E-state index in [4.69, 9.17) is 14.7 Å². The fourth-order valence-electron chi connectivity index (χ4n) is 3.66. The first kappa shape index (κ1) is 20.1. The third-order valence-corrected chi connectivity index (χ3v) is 5.13. The molecule has 2 amide bonds. The molecular formula is C24H18N2O5. The molecule has 3 aromatic rings. The normalized spacial score (nSPS) is 12.6. The average Bonchev–Trinajstić information content (AvgIpc) is 2.79. The van der Waals surface area contributed by atoms with E-state index in [1.807, 2.05) is 18.2 Å². The van der Waals surface area contributed by atoms with E-state index in [0.29, 0.717) is 22.1 Å². The lowest BCUT2D eigenvalue weighted by molar-refractivity contribution is -0.134. The van der Waals surface area contributed by atoms with Crippen molar-refractivity contribution in [3.05, 3.63) is 71.3 Å². The summed E-state index contributed by atoms with van der Waals surface area (Å²) in [7, 11) is 1.42. The fraction of sp³-hybridized carbons (Fsp3) is 0.167. The third kappa shape index (κ3) is 3.71. The quantitative estimate of drug-likeness (QED) is 0.347. The number of nitrogens with zero attached hydrogens (tertiary/aromatic N) is 2. The van der Waals surface area contributed by atoms with Gasteiger partial charge in [-0.1, -0.05) is 24.3 Å². The van der Waals surface area contributed by atoms with Crippen molar-refractivity contribution >= 4 is 28.6 Å². The molecule has 154 valence electrons. The van der Waals surface area contributed by atoms with Crippen LogP contribution in [0.25, 0.3) is 10.8 Å². The predicted molar refractivity (Wildman–Crippen MR) is 112 cm³/mol. The van der Waals surface area contributed by atoms with Crippen LogP contribution in [0.2, 0.25) is 0 Å². The lowest BCUT2D eigenvalue weighted by atomic mass is 9.94. The Morgan fingerprint density at radius 1 is 1.00 bits per heavy atom. The highest BCUT2D eigenvalue weighted by atomic mass is 16.6. The first-order valence-electron chi connectivity index (χ1n) is 9.70. The largest absolute Gasteiger partial charge is 0.493 e. The summed E-state index contributed by atoms with van der Waals surface area (Å²) in [5.41, 5.74) is 1.35. The summed E-state index contributed by atoms with van der Waals surface area (Å²) in [5, 5.41) is 10.5. The number of carbonyl (C=O) groups is 3. The number of hydrogen-bond acceptors (Lipinski definition) is 6. The second kappa shape index (κ2) is 8.28. The van der Waals surface area contributed by atoms with Crippen LogP contribution in [0, 0.1) is 11.3 Å². The molecule has 0 saturated carbocycles. The van der Waals surface area contributed by atoms with Gasteiger partial charge < -0.3 is 9.47 Å². The van der Waals surface area contributed by atoms with Gasteiger partial charge in [-0.25, -0.2) is 0 Å². The Balaban J connectivity index is 1.42. The SMILES string of the molecule is COc1cc(C#N)ccc1OC(=O)CCCN1C(=O)c2cccc3cccc(c23)C1=O. The highest BCUT2D eigenvalue weighted by molar-refractivity contribution is 6.25. The van der Waals surface area contributed by atoms with E-state index in [0.717, 1.165) is 5.39 Å². The molecule has 7 nitrogen and oxygen atoms in total. The molecule has 1 aliphatic heterocycles. The lowest BCUT2D eigenvalue weighted by Crippen LogP contribution is -2.41. The average molecular weight is 414 g/mol. The Morgan fingerprint density at radius 2 is 1.68 bits per heavy atom. The molecule has 31 heavy (non-hydrogen) atoms. The molecular weight excluding hydrogens is 396 g/mol. The Hall–Kier alpha value is -4.18. The minimum absolute atomic E-state index is 0.00601. The van der Waals surface area contributed by atoms with Crippen LogP contribution in [0.1, 0.15) is 39.1 Å². The van der Waals surface area contributed by atoms with Gasteiger partial charge in [0.15, 0.2) is 11.5 Å². The third-order valence-electron chi connectivity index (χ3n) is 5.13. The maximum absolute atomic E-state index is 12.9. The van der Waals surface area contributed by atoms with Gasteiger partial charge in [0.1, 0.15) is 0 Å². The van der Waals surface area contributed by atoms with Gasteiger partial charge in [0.25, 0.3) is 11.8 Å². The lowest BCUT2D eigenvalue weighted by Gasteiger charge is -2.27. The molecule has 0 N–H and O–H groups in total. The number of benzene rings is 3. The van der Waals surface area contributed by atoms with Crippen molar-refractivity contribution in [2.75, 3.05) is 13.7 Å².